The number of hydrogen-bond acceptors (Lipinski definition) is 5. The number of piperazine rings is 1. The minimum absolute atomic E-state index is 0. The molecule has 9 heteroatoms. The topological polar surface area (TPSA) is 72.4 Å². The Kier molecular flexibility index (Phi) is 7.93. The summed E-state index contributed by atoms with van der Waals surface area (Å²) in [6.07, 6.45) is 3.98. The maximum Gasteiger partial charge on any atom is 0.205 e. The van der Waals surface area contributed by atoms with Gasteiger partial charge in [-0.15, -0.1) is 24.0 Å². The molecule has 2 aromatic heterocycles. The number of nitrogens with zero attached hydrogens (tertiary/aromatic N) is 5. The van der Waals surface area contributed by atoms with Crippen molar-refractivity contribution in [2.24, 2.45) is 4.99 Å². The lowest BCUT2D eigenvalue weighted by Crippen LogP contribution is -2.52. The number of fused-ring (bicyclic) bond motifs is 1. The molecule has 0 amide bonds. The summed E-state index contributed by atoms with van der Waals surface area (Å²) in [6.45, 7) is 8.85. The summed E-state index contributed by atoms with van der Waals surface area (Å²) in [5.74, 6) is 1.92. The summed E-state index contributed by atoms with van der Waals surface area (Å²) in [7, 11) is 1.86. The molecule has 0 atom stereocenters. The minimum Gasteiger partial charge on any atom is -0.361 e. The van der Waals surface area contributed by atoms with Gasteiger partial charge < -0.3 is 20.1 Å². The van der Waals surface area contributed by atoms with E-state index in [9.17, 15) is 0 Å². The predicted octanol–water partition coefficient (Wildman–Crippen LogP) is 3.45. The van der Waals surface area contributed by atoms with Crippen LogP contribution in [0.25, 0.3) is 10.9 Å². The Morgan fingerprint density at radius 2 is 2.07 bits per heavy atom. The van der Waals surface area contributed by atoms with Crippen molar-refractivity contribution in [3.05, 3.63) is 41.3 Å². The van der Waals surface area contributed by atoms with Gasteiger partial charge in [-0.25, -0.2) is 4.98 Å². The van der Waals surface area contributed by atoms with E-state index in [1.165, 1.54) is 33.6 Å². The summed E-state index contributed by atoms with van der Waals surface area (Å²) >= 11 is 1.51. The van der Waals surface area contributed by atoms with Crippen LogP contribution in [0.4, 0.5) is 5.13 Å². The Morgan fingerprint density at radius 3 is 2.77 bits per heavy atom. The number of aromatic amines is 1. The van der Waals surface area contributed by atoms with Crippen molar-refractivity contribution >= 4 is 57.5 Å². The Hall–Kier alpha value is -1.88. The molecule has 0 unspecified atom stereocenters. The molecule has 0 aliphatic carbocycles. The van der Waals surface area contributed by atoms with Gasteiger partial charge in [-0.3, -0.25) is 4.99 Å². The smallest absolute Gasteiger partial charge is 0.205 e. The number of benzene rings is 1. The van der Waals surface area contributed by atoms with Gasteiger partial charge in [0.1, 0.15) is 5.82 Å². The highest BCUT2D eigenvalue weighted by atomic mass is 127. The number of rotatable bonds is 5. The minimum atomic E-state index is 0. The van der Waals surface area contributed by atoms with Crippen LogP contribution >= 0.6 is 35.5 Å². The molecule has 3 aromatic rings. The summed E-state index contributed by atoms with van der Waals surface area (Å²) < 4.78 is 4.41. The van der Waals surface area contributed by atoms with Gasteiger partial charge in [0.05, 0.1) is 0 Å². The van der Waals surface area contributed by atoms with Gasteiger partial charge in [0, 0.05) is 74.8 Å². The molecule has 3 heterocycles. The Bertz CT molecular complexity index is 988. The van der Waals surface area contributed by atoms with Crippen molar-refractivity contribution in [1.29, 1.82) is 0 Å². The van der Waals surface area contributed by atoms with Crippen LogP contribution in [-0.2, 0) is 12.8 Å². The lowest BCUT2D eigenvalue weighted by Gasteiger charge is -2.36. The average Bonchev–Trinajstić information content (AvgIpc) is 3.38. The number of anilines is 1. The van der Waals surface area contributed by atoms with E-state index in [2.05, 4.69) is 72.7 Å². The van der Waals surface area contributed by atoms with Gasteiger partial charge in [0.15, 0.2) is 5.96 Å². The number of aliphatic imine (C=N–C) groups is 1. The molecule has 2 N–H and O–H groups in total. The van der Waals surface area contributed by atoms with Crippen LogP contribution in [0.1, 0.15) is 23.9 Å². The van der Waals surface area contributed by atoms with Crippen LogP contribution in [0.2, 0.25) is 0 Å². The molecule has 1 aliphatic heterocycles. The number of guanidine groups is 1. The van der Waals surface area contributed by atoms with Gasteiger partial charge in [0.2, 0.25) is 5.13 Å². The van der Waals surface area contributed by atoms with E-state index < -0.39 is 0 Å². The second-order valence-corrected chi connectivity index (χ2v) is 8.14. The molecule has 1 aromatic carbocycles. The average molecular weight is 539 g/mol. The molecule has 162 valence electrons. The summed E-state index contributed by atoms with van der Waals surface area (Å²) in [5.41, 5.74) is 3.84. The number of aryl methyl sites for hydroxylation is 2. The molecule has 0 bridgehead atoms. The second kappa shape index (κ2) is 10.4. The Balaban J connectivity index is 0.00000256. The monoisotopic (exact) mass is 539 g/mol. The molecule has 4 rings (SSSR count). The van der Waals surface area contributed by atoms with E-state index in [1.807, 2.05) is 7.05 Å². The van der Waals surface area contributed by atoms with E-state index in [0.29, 0.717) is 0 Å². The second-order valence-electron chi connectivity index (χ2n) is 7.41. The molecule has 1 saturated heterocycles. The fourth-order valence-electron chi connectivity index (χ4n) is 3.77. The van der Waals surface area contributed by atoms with Gasteiger partial charge in [0.25, 0.3) is 0 Å². The number of halogens is 1. The van der Waals surface area contributed by atoms with Crippen molar-refractivity contribution in [3.8, 4) is 0 Å². The molecule has 0 saturated carbocycles. The largest absolute Gasteiger partial charge is 0.361 e. The van der Waals surface area contributed by atoms with Gasteiger partial charge in [-0.2, -0.15) is 4.37 Å². The highest BCUT2D eigenvalue weighted by Crippen LogP contribution is 2.20. The van der Waals surface area contributed by atoms with Crippen molar-refractivity contribution < 1.29 is 0 Å². The van der Waals surface area contributed by atoms with E-state index in [4.69, 9.17) is 0 Å². The van der Waals surface area contributed by atoms with Crippen molar-refractivity contribution in [2.75, 3.05) is 44.7 Å². The van der Waals surface area contributed by atoms with Crippen LogP contribution in [0, 0.1) is 6.92 Å². The summed E-state index contributed by atoms with van der Waals surface area (Å²) in [6, 6.07) is 6.58. The standard InChI is InChI=1S/C21H29N7S.HI/c1-4-19-25-21(29-26-19)28-11-9-27(10-12-28)20(22-3)23-8-7-16-14-24-18-13-15(2)5-6-17(16)18;/h5-6,13-14,24H,4,7-12H2,1-3H3,(H,22,23);1H. The lowest BCUT2D eigenvalue weighted by atomic mass is 10.1. The van der Waals surface area contributed by atoms with Gasteiger partial charge in [-0.05, 0) is 30.5 Å². The van der Waals surface area contributed by atoms with E-state index in [0.717, 1.165) is 62.5 Å². The van der Waals surface area contributed by atoms with E-state index in [-0.39, 0.29) is 24.0 Å². The van der Waals surface area contributed by atoms with Crippen molar-refractivity contribution in [1.82, 2.24) is 24.6 Å². The molecule has 0 radical (unpaired) electrons. The fourth-order valence-corrected chi connectivity index (χ4v) is 4.58. The number of aromatic nitrogens is 3. The number of nitrogens with one attached hydrogen (secondary N) is 2. The molecule has 30 heavy (non-hydrogen) atoms. The molecule has 0 spiro atoms. The first-order valence-corrected chi connectivity index (χ1v) is 11.0. The molecule has 1 fully saturated rings. The quantitative estimate of drug-likeness (QED) is 0.295. The molecular weight excluding hydrogens is 509 g/mol. The molecule has 1 aliphatic rings. The van der Waals surface area contributed by atoms with Crippen molar-refractivity contribution in [3.63, 3.8) is 0 Å². The van der Waals surface area contributed by atoms with Gasteiger partial charge in [-0.1, -0.05) is 19.1 Å². The Labute approximate surface area is 199 Å². The van der Waals surface area contributed by atoms with E-state index >= 15 is 0 Å². The number of H-pyrrole nitrogens is 1. The zero-order valence-electron chi connectivity index (χ0n) is 17.8. The summed E-state index contributed by atoms with van der Waals surface area (Å²) in [4.78, 5) is 17.2. The van der Waals surface area contributed by atoms with Crippen LogP contribution < -0.4 is 10.2 Å². The van der Waals surface area contributed by atoms with Gasteiger partial charge >= 0.3 is 0 Å². The van der Waals surface area contributed by atoms with Crippen molar-refractivity contribution in [2.45, 2.75) is 26.7 Å². The SMILES string of the molecule is CCc1nsc(N2CCN(C(=NC)NCCc3c[nH]c4cc(C)ccc34)CC2)n1.I. The third-order valence-electron chi connectivity index (χ3n) is 5.44. The third kappa shape index (κ3) is 5.05. The summed E-state index contributed by atoms with van der Waals surface area (Å²) in [5, 5.41) is 5.89. The first-order chi connectivity index (χ1) is 14.2. The zero-order chi connectivity index (χ0) is 20.2. The van der Waals surface area contributed by atoms with Crippen LogP contribution in [-0.4, -0.2) is 65.0 Å². The maximum absolute atomic E-state index is 4.62. The Morgan fingerprint density at radius 1 is 1.27 bits per heavy atom. The highest BCUT2D eigenvalue weighted by Gasteiger charge is 2.22. The molecular formula is C21H30IN7S. The maximum atomic E-state index is 4.62. The van der Waals surface area contributed by atoms with Crippen LogP contribution in [0.15, 0.2) is 29.4 Å². The lowest BCUT2D eigenvalue weighted by molar-refractivity contribution is 0.372. The molecule has 7 nitrogen and oxygen atoms in total. The zero-order valence-corrected chi connectivity index (χ0v) is 21.0. The predicted molar refractivity (Wildman–Crippen MR) is 137 cm³/mol. The van der Waals surface area contributed by atoms with E-state index in [1.54, 1.807) is 0 Å². The van der Waals surface area contributed by atoms with Crippen LogP contribution in [0.3, 0.4) is 0 Å². The highest BCUT2D eigenvalue weighted by molar-refractivity contribution is 14.0. The number of hydrogen-bond donors (Lipinski definition) is 2. The van der Waals surface area contributed by atoms with Crippen LogP contribution in [0.5, 0.6) is 0 Å². The normalized spacial score (nSPS) is 14.8. The fraction of sp³-hybridized carbons (Fsp3) is 0.476. The first-order valence-electron chi connectivity index (χ1n) is 10.3. The first kappa shape index (κ1) is 22.8. The third-order valence-corrected chi connectivity index (χ3v) is 6.25.